The number of sulfonamides is 1. The lowest BCUT2D eigenvalue weighted by Crippen LogP contribution is -2.83. The van der Waals surface area contributed by atoms with E-state index >= 15 is 0 Å². The first-order valence-corrected chi connectivity index (χ1v) is 12.3. The number of nitrogens with two attached hydrogens (primary N) is 2. The quantitative estimate of drug-likeness (QED) is 0.416. The molecule has 0 aliphatic rings. The molecule has 3 aromatic carbocycles. The van der Waals surface area contributed by atoms with E-state index in [0.717, 1.165) is 42.0 Å². The molecule has 170 valence electrons. The van der Waals surface area contributed by atoms with Crippen LogP contribution in [-0.4, -0.2) is 21.6 Å². The molecule has 0 fully saturated rings. The van der Waals surface area contributed by atoms with Gasteiger partial charge in [0.1, 0.15) is 13.2 Å². The van der Waals surface area contributed by atoms with Crippen LogP contribution in [0.3, 0.4) is 0 Å². The highest BCUT2D eigenvalue weighted by molar-refractivity contribution is 7.89. The van der Waals surface area contributed by atoms with Crippen LogP contribution >= 0.6 is 11.6 Å². The Labute approximate surface area is 194 Å². The van der Waals surface area contributed by atoms with Gasteiger partial charge in [-0.1, -0.05) is 35.9 Å². The minimum absolute atomic E-state index is 0.132. The predicted octanol–water partition coefficient (Wildman–Crippen LogP) is 3.27. The van der Waals surface area contributed by atoms with Crippen LogP contribution in [0.15, 0.2) is 71.6 Å². The van der Waals surface area contributed by atoms with Crippen molar-refractivity contribution in [3.05, 3.63) is 88.4 Å². The second kappa shape index (κ2) is 11.3. The third kappa shape index (κ3) is 7.24. The molecule has 4 N–H and O–H groups in total. The highest BCUT2D eigenvalue weighted by Crippen LogP contribution is 2.29. The molecule has 0 radical (unpaired) electrons. The van der Waals surface area contributed by atoms with Gasteiger partial charge in [-0.2, -0.15) is 0 Å². The molecule has 0 saturated carbocycles. The molecular formula is C24H28ClN2O4S+. The Morgan fingerprint density at radius 1 is 0.875 bits per heavy atom. The van der Waals surface area contributed by atoms with Gasteiger partial charge in [0.15, 0.2) is 11.5 Å². The smallest absolute Gasteiger partial charge is 0.238 e. The van der Waals surface area contributed by atoms with E-state index < -0.39 is 10.0 Å². The Balaban J connectivity index is 1.52. The summed E-state index contributed by atoms with van der Waals surface area (Å²) in [6.07, 6.45) is 0.825. The summed E-state index contributed by atoms with van der Waals surface area (Å²) in [5, 5.41) is 8.03. The third-order valence-corrected chi connectivity index (χ3v) is 6.07. The van der Waals surface area contributed by atoms with Gasteiger partial charge in [-0.05, 0) is 60.5 Å². The molecule has 3 rings (SSSR count). The summed E-state index contributed by atoms with van der Waals surface area (Å²) >= 11 is 5.93. The molecule has 6 nitrogen and oxygen atoms in total. The van der Waals surface area contributed by atoms with Crippen molar-refractivity contribution in [2.45, 2.75) is 31.4 Å². The summed E-state index contributed by atoms with van der Waals surface area (Å²) in [4.78, 5) is 0.132. The van der Waals surface area contributed by atoms with Gasteiger partial charge in [-0.3, -0.25) is 0 Å². The van der Waals surface area contributed by atoms with Gasteiger partial charge < -0.3 is 14.8 Å². The van der Waals surface area contributed by atoms with Crippen LogP contribution < -0.4 is 19.9 Å². The Hall–Kier alpha value is -2.58. The molecule has 0 aliphatic heterocycles. The van der Waals surface area contributed by atoms with Crippen molar-refractivity contribution in [3.63, 3.8) is 0 Å². The van der Waals surface area contributed by atoms with Crippen LogP contribution in [0.4, 0.5) is 0 Å². The fourth-order valence-corrected chi connectivity index (χ4v) is 3.83. The van der Waals surface area contributed by atoms with Crippen LogP contribution in [0.1, 0.15) is 23.6 Å². The highest BCUT2D eigenvalue weighted by atomic mass is 35.5. The lowest BCUT2D eigenvalue weighted by molar-refractivity contribution is -0.670. The Bertz CT molecular complexity index is 1120. The summed E-state index contributed by atoms with van der Waals surface area (Å²) < 4.78 is 34.4. The average molecular weight is 476 g/mol. The number of halogens is 1. The molecule has 0 saturated heterocycles. The zero-order chi connectivity index (χ0) is 23.0. The summed E-state index contributed by atoms with van der Waals surface area (Å²) in [5.41, 5.74) is 3.23. The van der Waals surface area contributed by atoms with Crippen molar-refractivity contribution in [1.29, 1.82) is 0 Å². The Morgan fingerprint density at radius 3 is 2.19 bits per heavy atom. The standard InChI is InChI=1S/C24H27ClN2O4S/c1-2-30-24-15-20(7-12-23(24)31-17-19-3-8-21(25)9-4-19)16-27-14-13-18-5-10-22(11-6-18)32(26,28)29/h3-12,15,27H,2,13-14,16-17H2,1H3,(H2,26,28,29)/p+1. The Morgan fingerprint density at radius 2 is 1.53 bits per heavy atom. The molecule has 32 heavy (non-hydrogen) atoms. The summed E-state index contributed by atoms with van der Waals surface area (Å²) in [7, 11) is -3.65. The van der Waals surface area contributed by atoms with Gasteiger partial charge in [0.05, 0.1) is 18.0 Å². The number of benzene rings is 3. The molecule has 0 atom stereocenters. The normalized spacial score (nSPS) is 11.3. The van der Waals surface area contributed by atoms with Crippen molar-refractivity contribution >= 4 is 21.6 Å². The number of rotatable bonds is 11. The lowest BCUT2D eigenvalue weighted by Gasteiger charge is -2.13. The van der Waals surface area contributed by atoms with Gasteiger partial charge in [0, 0.05) is 17.0 Å². The van der Waals surface area contributed by atoms with Gasteiger partial charge in [0.2, 0.25) is 10.0 Å². The predicted molar refractivity (Wildman–Crippen MR) is 125 cm³/mol. The van der Waals surface area contributed by atoms with Crippen LogP contribution in [-0.2, 0) is 29.6 Å². The largest absolute Gasteiger partial charge is 0.490 e. The number of hydrogen-bond donors (Lipinski definition) is 2. The molecule has 3 aromatic rings. The number of primary sulfonamides is 1. The monoisotopic (exact) mass is 475 g/mol. The molecule has 0 unspecified atom stereocenters. The fraction of sp³-hybridized carbons (Fsp3) is 0.250. The minimum atomic E-state index is -3.65. The van der Waals surface area contributed by atoms with E-state index in [4.69, 9.17) is 26.2 Å². The zero-order valence-electron chi connectivity index (χ0n) is 18.0. The van der Waals surface area contributed by atoms with Crippen LogP contribution in [0.5, 0.6) is 11.5 Å². The van der Waals surface area contributed by atoms with Crippen LogP contribution in [0.25, 0.3) is 0 Å². The first-order valence-electron chi connectivity index (χ1n) is 10.4. The van der Waals surface area contributed by atoms with E-state index in [1.165, 1.54) is 0 Å². The maximum atomic E-state index is 11.3. The van der Waals surface area contributed by atoms with Crippen molar-refractivity contribution < 1.29 is 23.2 Å². The second-order valence-electron chi connectivity index (χ2n) is 7.35. The second-order valence-corrected chi connectivity index (χ2v) is 9.35. The maximum absolute atomic E-state index is 11.3. The SMILES string of the molecule is CCOc1cc(C[NH2+]CCc2ccc(S(N)(=O)=O)cc2)ccc1OCc1ccc(Cl)cc1. The minimum Gasteiger partial charge on any atom is -0.490 e. The van der Waals surface area contributed by atoms with Crippen LogP contribution in [0.2, 0.25) is 5.02 Å². The summed E-state index contributed by atoms with van der Waals surface area (Å²) in [6, 6.07) is 20.2. The summed E-state index contributed by atoms with van der Waals surface area (Å²) in [6.45, 7) is 4.61. The zero-order valence-corrected chi connectivity index (χ0v) is 19.5. The number of quaternary nitrogens is 1. The molecule has 0 aliphatic carbocycles. The maximum Gasteiger partial charge on any atom is 0.238 e. The van der Waals surface area contributed by atoms with Crippen molar-refractivity contribution in [1.82, 2.24) is 0 Å². The van der Waals surface area contributed by atoms with E-state index in [-0.39, 0.29) is 4.90 Å². The topological polar surface area (TPSA) is 95.2 Å². The van der Waals surface area contributed by atoms with Gasteiger partial charge in [0.25, 0.3) is 0 Å². The van der Waals surface area contributed by atoms with Crippen molar-refractivity contribution in [3.8, 4) is 11.5 Å². The molecule has 0 aromatic heterocycles. The van der Waals surface area contributed by atoms with E-state index in [1.807, 2.05) is 49.4 Å². The molecule has 8 heteroatoms. The number of hydrogen-bond acceptors (Lipinski definition) is 4. The van der Waals surface area contributed by atoms with Crippen molar-refractivity contribution in [2.24, 2.45) is 5.14 Å². The highest BCUT2D eigenvalue weighted by Gasteiger charge is 2.09. The van der Waals surface area contributed by atoms with Crippen molar-refractivity contribution in [2.75, 3.05) is 13.2 Å². The van der Waals surface area contributed by atoms with E-state index in [9.17, 15) is 8.42 Å². The fourth-order valence-electron chi connectivity index (χ4n) is 3.19. The molecular weight excluding hydrogens is 448 g/mol. The van der Waals surface area contributed by atoms with E-state index in [2.05, 4.69) is 5.32 Å². The van der Waals surface area contributed by atoms with Gasteiger partial charge >= 0.3 is 0 Å². The summed E-state index contributed by atoms with van der Waals surface area (Å²) in [5.74, 6) is 1.44. The van der Waals surface area contributed by atoms with Gasteiger partial charge in [-0.25, -0.2) is 13.6 Å². The van der Waals surface area contributed by atoms with E-state index in [1.54, 1.807) is 24.3 Å². The third-order valence-electron chi connectivity index (χ3n) is 4.88. The average Bonchev–Trinajstić information content (AvgIpc) is 2.77. The lowest BCUT2D eigenvalue weighted by atomic mass is 10.1. The molecule has 0 bridgehead atoms. The molecule has 0 heterocycles. The van der Waals surface area contributed by atoms with E-state index in [0.29, 0.717) is 24.0 Å². The molecule has 0 spiro atoms. The first kappa shape index (κ1) is 24.1. The van der Waals surface area contributed by atoms with Crippen LogP contribution in [0, 0.1) is 0 Å². The van der Waals surface area contributed by atoms with Gasteiger partial charge in [-0.15, -0.1) is 0 Å². The Kier molecular flexibility index (Phi) is 8.53. The first-order chi connectivity index (χ1) is 15.3. The number of ether oxygens (including phenoxy) is 2. The molecule has 0 amide bonds.